The summed E-state index contributed by atoms with van der Waals surface area (Å²) in [6, 6.07) is 10.6. The summed E-state index contributed by atoms with van der Waals surface area (Å²) in [6.07, 6.45) is 4.17. The third-order valence-corrected chi connectivity index (χ3v) is 3.08. The van der Waals surface area contributed by atoms with Crippen LogP contribution >= 0.6 is 0 Å². The zero-order valence-corrected chi connectivity index (χ0v) is 11.2. The summed E-state index contributed by atoms with van der Waals surface area (Å²) in [5.41, 5.74) is 3.89. The molecule has 18 heavy (non-hydrogen) atoms. The predicted molar refractivity (Wildman–Crippen MR) is 74.4 cm³/mol. The van der Waals surface area contributed by atoms with E-state index in [9.17, 15) is 0 Å². The Kier molecular flexibility index (Phi) is 4.53. The Morgan fingerprint density at radius 2 is 2.00 bits per heavy atom. The van der Waals surface area contributed by atoms with Crippen molar-refractivity contribution in [1.82, 2.24) is 15.1 Å². The van der Waals surface area contributed by atoms with Gasteiger partial charge in [-0.25, -0.2) is 0 Å². The Balaban J connectivity index is 1.78. The normalized spacial score (nSPS) is 10.8. The molecular formula is C15H21N3. The van der Waals surface area contributed by atoms with E-state index in [4.69, 9.17) is 0 Å². The van der Waals surface area contributed by atoms with E-state index < -0.39 is 0 Å². The van der Waals surface area contributed by atoms with Crippen LogP contribution in [0.2, 0.25) is 0 Å². The molecule has 2 rings (SSSR count). The Bertz CT molecular complexity index is 474. The second-order valence-electron chi connectivity index (χ2n) is 4.54. The molecule has 0 radical (unpaired) electrons. The van der Waals surface area contributed by atoms with Crippen LogP contribution in [0.15, 0.2) is 36.5 Å². The van der Waals surface area contributed by atoms with Crippen LogP contribution in [0.3, 0.4) is 0 Å². The topological polar surface area (TPSA) is 29.9 Å². The lowest BCUT2D eigenvalue weighted by Crippen LogP contribution is -2.17. The van der Waals surface area contributed by atoms with Gasteiger partial charge in [-0.15, -0.1) is 0 Å². The van der Waals surface area contributed by atoms with E-state index >= 15 is 0 Å². The van der Waals surface area contributed by atoms with Gasteiger partial charge in [0, 0.05) is 25.4 Å². The highest BCUT2D eigenvalue weighted by Gasteiger charge is 2.04. The lowest BCUT2D eigenvalue weighted by Gasteiger charge is -2.04. The van der Waals surface area contributed by atoms with Crippen LogP contribution in [0.5, 0.6) is 0 Å². The maximum absolute atomic E-state index is 4.44. The molecule has 1 heterocycles. The minimum atomic E-state index is 0.907. The van der Waals surface area contributed by atoms with Gasteiger partial charge in [-0.3, -0.25) is 4.68 Å². The third-order valence-electron chi connectivity index (χ3n) is 3.08. The quantitative estimate of drug-likeness (QED) is 0.789. The molecule has 96 valence electrons. The zero-order valence-electron chi connectivity index (χ0n) is 11.2. The number of nitrogens with zero attached hydrogens (tertiary/aromatic N) is 2. The van der Waals surface area contributed by atoms with Crippen LogP contribution in [0, 0.1) is 0 Å². The first-order valence-corrected chi connectivity index (χ1v) is 6.55. The molecule has 2 aromatic rings. The Morgan fingerprint density at radius 3 is 2.72 bits per heavy atom. The van der Waals surface area contributed by atoms with E-state index in [2.05, 4.69) is 53.9 Å². The van der Waals surface area contributed by atoms with Crippen molar-refractivity contribution < 1.29 is 0 Å². The fraction of sp³-hybridized carbons (Fsp3) is 0.400. The average Bonchev–Trinajstić information content (AvgIpc) is 2.76. The lowest BCUT2D eigenvalue weighted by atomic mass is 10.1. The summed E-state index contributed by atoms with van der Waals surface area (Å²) in [4.78, 5) is 0. The molecule has 0 aliphatic rings. The second kappa shape index (κ2) is 6.36. The summed E-state index contributed by atoms with van der Waals surface area (Å²) in [7, 11) is 1.98. The van der Waals surface area contributed by atoms with Crippen molar-refractivity contribution in [1.29, 1.82) is 0 Å². The van der Waals surface area contributed by atoms with E-state index in [-0.39, 0.29) is 0 Å². The highest BCUT2D eigenvalue weighted by molar-refractivity contribution is 5.17. The zero-order chi connectivity index (χ0) is 12.8. The van der Waals surface area contributed by atoms with Gasteiger partial charge in [0.2, 0.25) is 0 Å². The summed E-state index contributed by atoms with van der Waals surface area (Å²) in [5, 5.41) is 7.93. The largest absolute Gasteiger partial charge is 0.312 e. The number of benzene rings is 1. The van der Waals surface area contributed by atoms with Crippen molar-refractivity contribution in [2.24, 2.45) is 7.05 Å². The number of aromatic nitrogens is 2. The molecule has 0 atom stereocenters. The van der Waals surface area contributed by atoms with Crippen LogP contribution in [-0.2, 0) is 26.4 Å². The van der Waals surface area contributed by atoms with E-state index in [0.717, 1.165) is 25.9 Å². The van der Waals surface area contributed by atoms with E-state index in [0.29, 0.717) is 0 Å². The first-order valence-electron chi connectivity index (χ1n) is 6.55. The van der Waals surface area contributed by atoms with Crippen LogP contribution in [0.1, 0.15) is 23.7 Å². The van der Waals surface area contributed by atoms with Gasteiger partial charge in [0.05, 0.1) is 5.69 Å². The molecule has 1 aromatic carbocycles. The summed E-state index contributed by atoms with van der Waals surface area (Å²) >= 11 is 0. The molecule has 3 heteroatoms. The van der Waals surface area contributed by atoms with Crippen molar-refractivity contribution in [3.8, 4) is 0 Å². The van der Waals surface area contributed by atoms with E-state index in [1.807, 2.05) is 11.7 Å². The maximum Gasteiger partial charge on any atom is 0.0666 e. The van der Waals surface area contributed by atoms with Gasteiger partial charge in [0.1, 0.15) is 0 Å². The predicted octanol–water partition coefficient (Wildman–Crippen LogP) is 2.31. The molecule has 0 bridgehead atoms. The third kappa shape index (κ3) is 3.44. The minimum absolute atomic E-state index is 0.907. The van der Waals surface area contributed by atoms with Crippen LogP contribution in [-0.4, -0.2) is 16.3 Å². The fourth-order valence-electron chi connectivity index (χ4n) is 2.13. The first kappa shape index (κ1) is 12.8. The molecule has 0 aliphatic heterocycles. The van der Waals surface area contributed by atoms with Crippen LogP contribution in [0.4, 0.5) is 0 Å². The minimum Gasteiger partial charge on any atom is -0.312 e. The number of aryl methyl sites for hydroxylation is 2. The molecule has 3 nitrogen and oxygen atoms in total. The maximum atomic E-state index is 4.44. The van der Waals surface area contributed by atoms with E-state index in [1.165, 1.54) is 16.8 Å². The Labute approximate surface area is 109 Å². The number of rotatable bonds is 6. The van der Waals surface area contributed by atoms with Crippen LogP contribution in [0.25, 0.3) is 0 Å². The van der Waals surface area contributed by atoms with Crippen molar-refractivity contribution in [2.45, 2.75) is 26.3 Å². The van der Waals surface area contributed by atoms with Crippen LogP contribution < -0.4 is 5.32 Å². The molecule has 0 spiro atoms. The number of hydrogen-bond acceptors (Lipinski definition) is 2. The monoisotopic (exact) mass is 243 g/mol. The number of nitrogens with one attached hydrogen (secondary N) is 1. The van der Waals surface area contributed by atoms with Crippen molar-refractivity contribution >= 4 is 0 Å². The van der Waals surface area contributed by atoms with Crippen molar-refractivity contribution in [3.63, 3.8) is 0 Å². The SMILES string of the molecule is CCc1nn(C)cc1CNCCc1ccccc1. The smallest absolute Gasteiger partial charge is 0.0666 e. The lowest BCUT2D eigenvalue weighted by molar-refractivity contribution is 0.682. The molecule has 1 N–H and O–H groups in total. The fourth-order valence-corrected chi connectivity index (χ4v) is 2.13. The van der Waals surface area contributed by atoms with Crippen molar-refractivity contribution in [3.05, 3.63) is 53.3 Å². The van der Waals surface area contributed by atoms with Gasteiger partial charge in [-0.05, 0) is 24.9 Å². The van der Waals surface area contributed by atoms with E-state index in [1.54, 1.807) is 0 Å². The van der Waals surface area contributed by atoms with Gasteiger partial charge in [-0.2, -0.15) is 5.10 Å². The summed E-state index contributed by atoms with van der Waals surface area (Å²) < 4.78 is 1.90. The molecule has 0 amide bonds. The first-order chi connectivity index (χ1) is 8.79. The Hall–Kier alpha value is -1.61. The molecular weight excluding hydrogens is 222 g/mol. The molecule has 0 fully saturated rings. The Morgan fingerprint density at radius 1 is 1.22 bits per heavy atom. The molecule has 0 saturated heterocycles. The molecule has 0 aliphatic carbocycles. The summed E-state index contributed by atoms with van der Waals surface area (Å²) in [6.45, 7) is 4.06. The molecule has 0 saturated carbocycles. The molecule has 1 aromatic heterocycles. The highest BCUT2D eigenvalue weighted by Crippen LogP contribution is 2.06. The van der Waals surface area contributed by atoms with Gasteiger partial charge in [0.25, 0.3) is 0 Å². The van der Waals surface area contributed by atoms with Gasteiger partial charge >= 0.3 is 0 Å². The van der Waals surface area contributed by atoms with Gasteiger partial charge in [-0.1, -0.05) is 37.3 Å². The number of hydrogen-bond donors (Lipinski definition) is 1. The second-order valence-corrected chi connectivity index (χ2v) is 4.54. The van der Waals surface area contributed by atoms with Gasteiger partial charge < -0.3 is 5.32 Å². The summed E-state index contributed by atoms with van der Waals surface area (Å²) in [5.74, 6) is 0. The van der Waals surface area contributed by atoms with Crippen molar-refractivity contribution in [2.75, 3.05) is 6.54 Å². The highest BCUT2D eigenvalue weighted by atomic mass is 15.3. The standard InChI is InChI=1S/C15H21N3/c1-3-15-14(12-18(2)17-15)11-16-10-9-13-7-5-4-6-8-13/h4-8,12,16H,3,9-11H2,1-2H3. The average molecular weight is 243 g/mol. The van der Waals surface area contributed by atoms with Gasteiger partial charge in [0.15, 0.2) is 0 Å². The molecule has 0 unspecified atom stereocenters.